The second-order valence-electron chi connectivity index (χ2n) is 6.58. The van der Waals surface area contributed by atoms with E-state index in [0.29, 0.717) is 13.0 Å². The molecule has 152 valence electrons. The van der Waals surface area contributed by atoms with Crippen LogP contribution in [-0.4, -0.2) is 52.7 Å². The van der Waals surface area contributed by atoms with E-state index in [-0.39, 0.29) is 29.9 Å². The molecule has 1 aromatic heterocycles. The molecule has 2 heterocycles. The summed E-state index contributed by atoms with van der Waals surface area (Å²) in [6.45, 7) is 5.97. The van der Waals surface area contributed by atoms with E-state index in [9.17, 15) is 4.79 Å². The Morgan fingerprint density at radius 3 is 2.89 bits per heavy atom. The smallest absolute Gasteiger partial charge is 0.222 e. The first-order valence-electron chi connectivity index (χ1n) is 9.65. The van der Waals surface area contributed by atoms with Crippen molar-refractivity contribution in [3.05, 3.63) is 48.3 Å². The number of benzene rings is 1. The van der Waals surface area contributed by atoms with Crippen molar-refractivity contribution in [2.24, 2.45) is 4.99 Å². The fraction of sp³-hybridized carbons (Fsp3) is 0.450. The number of aromatic nitrogens is 2. The van der Waals surface area contributed by atoms with E-state index in [1.54, 1.807) is 6.20 Å². The molecule has 8 heteroatoms. The molecular formula is C20H29IN6O. The van der Waals surface area contributed by atoms with Crippen LogP contribution in [0.3, 0.4) is 0 Å². The van der Waals surface area contributed by atoms with Crippen molar-refractivity contribution in [1.82, 2.24) is 25.3 Å². The number of aliphatic imine (C=N–C) groups is 1. The third-order valence-corrected chi connectivity index (χ3v) is 4.51. The molecule has 0 aliphatic carbocycles. The molecule has 1 aliphatic heterocycles. The zero-order valence-corrected chi connectivity index (χ0v) is 18.6. The number of hydrogen-bond donors (Lipinski definition) is 2. The van der Waals surface area contributed by atoms with Crippen molar-refractivity contribution in [2.75, 3.05) is 26.2 Å². The normalized spacial score (nSPS) is 14.1. The third-order valence-electron chi connectivity index (χ3n) is 4.51. The van der Waals surface area contributed by atoms with Crippen LogP contribution in [0, 0.1) is 0 Å². The van der Waals surface area contributed by atoms with Gasteiger partial charge in [-0.25, -0.2) is 9.67 Å². The summed E-state index contributed by atoms with van der Waals surface area (Å²) in [6, 6.07) is 10.1. The number of amides is 1. The minimum Gasteiger partial charge on any atom is -0.357 e. The van der Waals surface area contributed by atoms with Crippen molar-refractivity contribution in [3.8, 4) is 5.69 Å². The van der Waals surface area contributed by atoms with E-state index < -0.39 is 0 Å². The highest BCUT2D eigenvalue weighted by Gasteiger charge is 2.18. The van der Waals surface area contributed by atoms with Crippen molar-refractivity contribution < 1.29 is 4.79 Å². The summed E-state index contributed by atoms with van der Waals surface area (Å²) >= 11 is 0. The van der Waals surface area contributed by atoms with E-state index in [2.05, 4.69) is 39.8 Å². The van der Waals surface area contributed by atoms with Gasteiger partial charge in [0.25, 0.3) is 0 Å². The molecule has 1 amide bonds. The number of rotatable bonds is 8. The Kier molecular flexibility index (Phi) is 9.26. The molecule has 0 spiro atoms. The number of nitrogens with one attached hydrogen (secondary N) is 2. The molecule has 0 unspecified atom stereocenters. The maximum atomic E-state index is 11.6. The van der Waals surface area contributed by atoms with Gasteiger partial charge in [-0.1, -0.05) is 12.1 Å². The summed E-state index contributed by atoms with van der Waals surface area (Å²) in [6.07, 6.45) is 6.32. The van der Waals surface area contributed by atoms with E-state index in [1.165, 1.54) is 0 Å². The van der Waals surface area contributed by atoms with E-state index in [4.69, 9.17) is 0 Å². The summed E-state index contributed by atoms with van der Waals surface area (Å²) in [5.41, 5.74) is 2.16. The molecule has 0 saturated carbocycles. The molecule has 2 aromatic rings. The summed E-state index contributed by atoms with van der Waals surface area (Å²) in [4.78, 5) is 18.3. The predicted octanol–water partition coefficient (Wildman–Crippen LogP) is 2.56. The maximum absolute atomic E-state index is 11.6. The second kappa shape index (κ2) is 11.7. The van der Waals surface area contributed by atoms with Gasteiger partial charge in [-0.05, 0) is 43.5 Å². The van der Waals surface area contributed by atoms with Crippen LogP contribution >= 0.6 is 24.0 Å². The Labute approximate surface area is 183 Å². The van der Waals surface area contributed by atoms with Gasteiger partial charge < -0.3 is 15.5 Å². The van der Waals surface area contributed by atoms with E-state index in [0.717, 1.165) is 56.2 Å². The zero-order valence-electron chi connectivity index (χ0n) is 16.3. The topological polar surface area (TPSA) is 74.6 Å². The maximum Gasteiger partial charge on any atom is 0.222 e. The average molecular weight is 496 g/mol. The lowest BCUT2D eigenvalue weighted by Gasteiger charge is -2.16. The zero-order chi connectivity index (χ0) is 18.9. The predicted molar refractivity (Wildman–Crippen MR) is 122 cm³/mol. The van der Waals surface area contributed by atoms with Crippen LogP contribution in [0.1, 0.15) is 31.7 Å². The molecule has 0 radical (unpaired) electrons. The molecule has 1 aromatic carbocycles. The van der Waals surface area contributed by atoms with Crippen LogP contribution in [0.2, 0.25) is 0 Å². The molecule has 28 heavy (non-hydrogen) atoms. The van der Waals surface area contributed by atoms with Gasteiger partial charge in [0.15, 0.2) is 5.96 Å². The quantitative estimate of drug-likeness (QED) is 0.255. The Morgan fingerprint density at radius 1 is 1.29 bits per heavy atom. The number of guanidine groups is 1. The Balaban J connectivity index is 0.00000280. The van der Waals surface area contributed by atoms with Crippen molar-refractivity contribution in [3.63, 3.8) is 0 Å². The lowest BCUT2D eigenvalue weighted by molar-refractivity contribution is -0.127. The number of likely N-dealkylation sites (tertiary alicyclic amines) is 1. The van der Waals surface area contributed by atoms with Crippen molar-refractivity contribution >= 4 is 35.8 Å². The number of hydrogen-bond acceptors (Lipinski definition) is 3. The van der Waals surface area contributed by atoms with E-state index in [1.807, 2.05) is 34.0 Å². The van der Waals surface area contributed by atoms with Gasteiger partial charge in [0.05, 0.1) is 12.2 Å². The SMILES string of the molecule is CCNC(=NCc1cccc(-n2cccn2)c1)NCCCN1CCCC1=O.I. The first-order valence-corrected chi connectivity index (χ1v) is 9.65. The summed E-state index contributed by atoms with van der Waals surface area (Å²) in [5.74, 6) is 1.09. The van der Waals surface area contributed by atoms with Gasteiger partial charge in [-0.2, -0.15) is 5.10 Å². The number of nitrogens with zero attached hydrogens (tertiary/aromatic N) is 4. The number of carbonyl (C=O) groups is 1. The minimum atomic E-state index is 0. The summed E-state index contributed by atoms with van der Waals surface area (Å²) in [7, 11) is 0. The molecule has 1 aliphatic rings. The molecule has 1 fully saturated rings. The van der Waals surface area contributed by atoms with Crippen LogP contribution in [0.4, 0.5) is 0 Å². The Bertz CT molecular complexity index is 762. The van der Waals surface area contributed by atoms with Crippen LogP contribution in [-0.2, 0) is 11.3 Å². The van der Waals surface area contributed by atoms with Crippen molar-refractivity contribution in [1.29, 1.82) is 0 Å². The Morgan fingerprint density at radius 2 is 2.18 bits per heavy atom. The van der Waals surface area contributed by atoms with Crippen LogP contribution in [0.5, 0.6) is 0 Å². The van der Waals surface area contributed by atoms with E-state index >= 15 is 0 Å². The molecule has 0 atom stereocenters. The molecule has 0 bridgehead atoms. The van der Waals surface area contributed by atoms with Gasteiger partial charge >= 0.3 is 0 Å². The first kappa shape index (κ1) is 22.2. The standard InChI is InChI=1S/C20H28N6O.HI/c1-2-21-20(22-10-5-13-25-12-4-9-19(25)27)23-16-17-7-3-8-18(15-17)26-14-6-11-24-26;/h3,6-8,11,14-15H,2,4-5,9-10,12-13,16H2,1H3,(H2,21,22,23);1H. The lowest BCUT2D eigenvalue weighted by atomic mass is 10.2. The van der Waals surface area contributed by atoms with Gasteiger partial charge in [-0.3, -0.25) is 4.79 Å². The highest BCUT2D eigenvalue weighted by Crippen LogP contribution is 2.11. The van der Waals surface area contributed by atoms with Gasteiger partial charge in [0, 0.05) is 45.0 Å². The van der Waals surface area contributed by atoms with Crippen molar-refractivity contribution in [2.45, 2.75) is 32.7 Å². The van der Waals surface area contributed by atoms with Crippen LogP contribution < -0.4 is 10.6 Å². The summed E-state index contributed by atoms with van der Waals surface area (Å²) in [5, 5.41) is 10.9. The molecule has 1 saturated heterocycles. The lowest BCUT2D eigenvalue weighted by Crippen LogP contribution is -2.39. The monoisotopic (exact) mass is 496 g/mol. The molecule has 3 rings (SSSR count). The first-order chi connectivity index (χ1) is 13.3. The fourth-order valence-corrected chi connectivity index (χ4v) is 3.15. The van der Waals surface area contributed by atoms with Gasteiger partial charge in [-0.15, -0.1) is 24.0 Å². The summed E-state index contributed by atoms with van der Waals surface area (Å²) < 4.78 is 1.84. The van der Waals surface area contributed by atoms with Gasteiger partial charge in [0.1, 0.15) is 0 Å². The van der Waals surface area contributed by atoms with Crippen LogP contribution in [0.15, 0.2) is 47.7 Å². The second-order valence-corrected chi connectivity index (χ2v) is 6.58. The Hall–Kier alpha value is -2.10. The molecule has 7 nitrogen and oxygen atoms in total. The highest BCUT2D eigenvalue weighted by molar-refractivity contribution is 14.0. The average Bonchev–Trinajstić information content (AvgIpc) is 3.35. The highest BCUT2D eigenvalue weighted by atomic mass is 127. The number of carbonyl (C=O) groups excluding carboxylic acids is 1. The third kappa shape index (κ3) is 6.50. The minimum absolute atomic E-state index is 0. The van der Waals surface area contributed by atoms with Gasteiger partial charge in [0.2, 0.25) is 5.91 Å². The fourth-order valence-electron chi connectivity index (χ4n) is 3.15. The molecule has 2 N–H and O–H groups in total. The largest absolute Gasteiger partial charge is 0.357 e. The van der Waals surface area contributed by atoms with Crippen LogP contribution in [0.25, 0.3) is 5.69 Å². The molecular weight excluding hydrogens is 467 g/mol. The number of halogens is 1.